The maximum atomic E-state index is 11.6. The van der Waals surface area contributed by atoms with Crippen molar-refractivity contribution in [3.63, 3.8) is 0 Å². The third kappa shape index (κ3) is 4.54. The number of hydrogen-bond donors (Lipinski definition) is 0. The first-order valence-electron chi connectivity index (χ1n) is 8.43. The highest BCUT2D eigenvalue weighted by molar-refractivity contribution is 7.08. The second-order valence-electron chi connectivity index (χ2n) is 6.11. The summed E-state index contributed by atoms with van der Waals surface area (Å²) in [6.45, 7) is 3.54. The van der Waals surface area contributed by atoms with Crippen LogP contribution in [0.3, 0.4) is 0 Å². The fourth-order valence-electron chi connectivity index (χ4n) is 2.85. The van der Waals surface area contributed by atoms with Gasteiger partial charge in [-0.1, -0.05) is 5.21 Å². The Balaban J connectivity index is 1.89. The van der Waals surface area contributed by atoms with Crippen LogP contribution in [0.1, 0.15) is 27.0 Å². The molecule has 0 aliphatic carbocycles. The normalized spacial score (nSPS) is 24.0. The average molecular weight is 409 g/mol. The maximum absolute atomic E-state index is 11.6. The zero-order chi connectivity index (χ0) is 20.3. The van der Waals surface area contributed by atoms with Gasteiger partial charge in [0.25, 0.3) is 0 Å². The topological polar surface area (TPSA) is 119 Å². The third-order valence-corrected chi connectivity index (χ3v) is 4.61. The van der Waals surface area contributed by atoms with Crippen molar-refractivity contribution < 1.29 is 33.3 Å². The van der Waals surface area contributed by atoms with Crippen molar-refractivity contribution in [3.05, 3.63) is 23.0 Å². The Kier molecular flexibility index (Phi) is 6.05. The summed E-state index contributed by atoms with van der Waals surface area (Å²) >= 11 is 1.52. The summed E-state index contributed by atoms with van der Waals surface area (Å²) in [6, 6.07) is 1.89. The van der Waals surface area contributed by atoms with E-state index in [1.807, 2.05) is 16.8 Å². The van der Waals surface area contributed by atoms with Crippen LogP contribution in [0, 0.1) is 0 Å². The van der Waals surface area contributed by atoms with Gasteiger partial charge in [-0.05, 0) is 11.4 Å². The molecule has 0 amide bonds. The van der Waals surface area contributed by atoms with Crippen LogP contribution in [0.4, 0.5) is 0 Å². The van der Waals surface area contributed by atoms with Crippen LogP contribution in [-0.4, -0.2) is 57.8 Å². The quantitative estimate of drug-likeness (QED) is 0.514. The first kappa shape index (κ1) is 20.0. The largest absolute Gasteiger partial charge is 0.463 e. The van der Waals surface area contributed by atoms with E-state index in [0.717, 1.165) is 5.56 Å². The number of thiophene rings is 1. The van der Waals surface area contributed by atoms with Crippen molar-refractivity contribution in [2.24, 2.45) is 0 Å². The van der Waals surface area contributed by atoms with Crippen LogP contribution in [-0.2, 0) is 33.3 Å². The molecule has 11 heteroatoms. The number of nitrogens with zero attached hydrogens (tertiary/aromatic N) is 3. The molecular weight excluding hydrogens is 390 g/mol. The number of ether oxygens (including phenoxy) is 4. The van der Waals surface area contributed by atoms with Gasteiger partial charge in [-0.15, -0.1) is 5.10 Å². The Morgan fingerprint density at radius 1 is 1.14 bits per heavy atom. The van der Waals surface area contributed by atoms with E-state index in [1.165, 1.54) is 36.8 Å². The van der Waals surface area contributed by atoms with Crippen molar-refractivity contribution in [2.45, 2.75) is 45.3 Å². The minimum absolute atomic E-state index is 0.173. The highest BCUT2D eigenvalue weighted by Gasteiger charge is 2.51. The van der Waals surface area contributed by atoms with Gasteiger partial charge in [-0.2, -0.15) is 11.3 Å². The van der Waals surface area contributed by atoms with Gasteiger partial charge in [0, 0.05) is 31.7 Å². The van der Waals surface area contributed by atoms with Crippen molar-refractivity contribution in [1.29, 1.82) is 0 Å². The minimum atomic E-state index is -0.987. The van der Waals surface area contributed by atoms with Gasteiger partial charge in [0.2, 0.25) is 0 Å². The Labute approximate surface area is 164 Å². The molecule has 10 nitrogen and oxygen atoms in total. The van der Waals surface area contributed by atoms with Crippen molar-refractivity contribution in [1.82, 2.24) is 15.0 Å². The van der Waals surface area contributed by atoms with Crippen LogP contribution < -0.4 is 0 Å². The summed E-state index contributed by atoms with van der Waals surface area (Å²) in [5, 5.41) is 12.0. The Hall–Kier alpha value is -2.79. The van der Waals surface area contributed by atoms with Crippen LogP contribution in [0.15, 0.2) is 23.0 Å². The minimum Gasteiger partial charge on any atom is -0.463 e. The van der Waals surface area contributed by atoms with Gasteiger partial charge in [-0.3, -0.25) is 14.4 Å². The number of aromatic nitrogens is 3. The molecule has 0 saturated carbocycles. The molecule has 3 heterocycles. The molecule has 1 fully saturated rings. The van der Waals surface area contributed by atoms with Crippen molar-refractivity contribution in [2.75, 3.05) is 6.61 Å². The summed E-state index contributed by atoms with van der Waals surface area (Å²) in [4.78, 5) is 34.4. The van der Waals surface area contributed by atoms with Crippen LogP contribution in [0.25, 0.3) is 11.3 Å². The van der Waals surface area contributed by atoms with E-state index in [4.69, 9.17) is 18.9 Å². The second-order valence-corrected chi connectivity index (χ2v) is 6.89. The van der Waals surface area contributed by atoms with E-state index in [9.17, 15) is 14.4 Å². The average Bonchev–Trinajstić information content (AvgIpc) is 3.33. The lowest BCUT2D eigenvalue weighted by atomic mass is 10.1. The molecule has 150 valence electrons. The van der Waals surface area contributed by atoms with E-state index < -0.39 is 42.4 Å². The van der Waals surface area contributed by atoms with Gasteiger partial charge in [0.05, 0.1) is 6.20 Å². The number of carbonyl (C=O) groups is 3. The predicted molar refractivity (Wildman–Crippen MR) is 95.0 cm³/mol. The summed E-state index contributed by atoms with van der Waals surface area (Å²) in [6.07, 6.45) is -2.06. The van der Waals surface area contributed by atoms with Gasteiger partial charge >= 0.3 is 17.9 Å². The zero-order valence-corrected chi connectivity index (χ0v) is 16.3. The summed E-state index contributed by atoms with van der Waals surface area (Å²) in [5.41, 5.74) is 1.49. The molecule has 0 aromatic carbocycles. The summed E-state index contributed by atoms with van der Waals surface area (Å²) in [5.74, 6) is -1.68. The van der Waals surface area contributed by atoms with Gasteiger partial charge < -0.3 is 18.9 Å². The van der Waals surface area contributed by atoms with Crippen molar-refractivity contribution in [3.8, 4) is 11.3 Å². The van der Waals surface area contributed by atoms with Gasteiger partial charge in [0.1, 0.15) is 18.4 Å². The number of carbonyl (C=O) groups excluding carboxylic acids is 3. The lowest BCUT2D eigenvalue weighted by Gasteiger charge is -2.23. The molecule has 2 aromatic rings. The molecular formula is C17H19N3O7S. The third-order valence-electron chi connectivity index (χ3n) is 3.93. The standard InChI is InChI=1S/C17H19N3O7S/c1-9(21)24-7-14-15(25-10(2)22)16(26-11(3)23)17(27-14)20-6-13(18-19-20)12-4-5-28-8-12/h4-6,8,14-17H,7H2,1-3H3/t14-,15-,16-,17-/m1/s1. The Morgan fingerprint density at radius 3 is 2.46 bits per heavy atom. The molecule has 0 unspecified atom stereocenters. The number of rotatable bonds is 6. The molecule has 28 heavy (non-hydrogen) atoms. The molecule has 0 radical (unpaired) electrons. The molecule has 1 saturated heterocycles. The second kappa shape index (κ2) is 8.48. The van der Waals surface area contributed by atoms with Gasteiger partial charge in [0.15, 0.2) is 18.4 Å². The molecule has 0 spiro atoms. The van der Waals surface area contributed by atoms with E-state index in [-0.39, 0.29) is 6.61 Å². The van der Waals surface area contributed by atoms with Crippen LogP contribution in [0.5, 0.6) is 0 Å². The molecule has 0 N–H and O–H groups in total. The maximum Gasteiger partial charge on any atom is 0.303 e. The first-order chi connectivity index (χ1) is 13.3. The van der Waals surface area contributed by atoms with E-state index in [0.29, 0.717) is 5.69 Å². The smallest absolute Gasteiger partial charge is 0.303 e. The first-order valence-corrected chi connectivity index (χ1v) is 9.37. The van der Waals surface area contributed by atoms with Crippen LogP contribution >= 0.6 is 11.3 Å². The summed E-state index contributed by atoms with van der Waals surface area (Å²) in [7, 11) is 0. The van der Waals surface area contributed by atoms with E-state index >= 15 is 0 Å². The number of esters is 3. The lowest BCUT2D eigenvalue weighted by molar-refractivity contribution is -0.166. The highest BCUT2D eigenvalue weighted by Crippen LogP contribution is 2.34. The lowest BCUT2D eigenvalue weighted by Crippen LogP contribution is -2.40. The fourth-order valence-corrected chi connectivity index (χ4v) is 3.50. The molecule has 1 aliphatic heterocycles. The van der Waals surface area contributed by atoms with Gasteiger partial charge in [-0.25, -0.2) is 4.68 Å². The molecule has 4 atom stereocenters. The van der Waals surface area contributed by atoms with Crippen molar-refractivity contribution >= 4 is 29.2 Å². The van der Waals surface area contributed by atoms with E-state index in [2.05, 4.69) is 10.3 Å². The molecule has 2 aromatic heterocycles. The Morgan fingerprint density at radius 2 is 1.86 bits per heavy atom. The zero-order valence-electron chi connectivity index (χ0n) is 15.4. The molecule has 3 rings (SSSR count). The number of hydrogen-bond acceptors (Lipinski definition) is 10. The molecule has 0 bridgehead atoms. The van der Waals surface area contributed by atoms with E-state index in [1.54, 1.807) is 6.20 Å². The highest BCUT2D eigenvalue weighted by atomic mass is 32.1. The summed E-state index contributed by atoms with van der Waals surface area (Å²) < 4.78 is 22.9. The monoisotopic (exact) mass is 409 g/mol. The fraction of sp³-hybridized carbons (Fsp3) is 0.471. The Bertz CT molecular complexity index is 851. The predicted octanol–water partition coefficient (Wildman–Crippen LogP) is 1.33. The SMILES string of the molecule is CC(=O)OC[C@H]1O[C@@H](n2cc(-c3ccsc3)nn2)[C@H](OC(C)=O)[C@@H]1OC(C)=O. The molecule has 1 aliphatic rings. The van der Waals surface area contributed by atoms with Crippen LogP contribution in [0.2, 0.25) is 0 Å².